The van der Waals surface area contributed by atoms with Crippen LogP contribution in [0.25, 0.3) is 0 Å². The highest BCUT2D eigenvalue weighted by molar-refractivity contribution is 7.89. The zero-order valence-corrected chi connectivity index (χ0v) is 15.3. The van der Waals surface area contributed by atoms with Gasteiger partial charge in [-0.3, -0.25) is 4.79 Å². The average molecular weight is 404 g/mol. The Bertz CT molecular complexity index is 669. The summed E-state index contributed by atoms with van der Waals surface area (Å²) in [5.41, 5.74) is -1.28. The van der Waals surface area contributed by atoms with Crippen LogP contribution in [0.3, 0.4) is 0 Å². The van der Waals surface area contributed by atoms with Gasteiger partial charge in [0.25, 0.3) is 0 Å². The Hall–Kier alpha value is -1.36. The number of halogens is 4. The van der Waals surface area contributed by atoms with Crippen LogP contribution in [0.15, 0.2) is 29.2 Å². The fraction of sp³-hybridized carbons (Fsp3) is 0.500. The molecule has 0 fully saturated rings. The normalized spacial score (nSPS) is 13.0. The molecule has 0 aliphatic heterocycles. The molecule has 0 bridgehead atoms. The van der Waals surface area contributed by atoms with Crippen molar-refractivity contribution in [2.24, 2.45) is 0 Å². The van der Waals surface area contributed by atoms with Crippen LogP contribution in [0.4, 0.5) is 13.2 Å². The maximum Gasteiger partial charge on any atom is 0.417 e. The van der Waals surface area contributed by atoms with E-state index < -0.39 is 38.6 Å². The van der Waals surface area contributed by atoms with Gasteiger partial charge in [0.2, 0.25) is 15.9 Å². The molecule has 0 spiro atoms. The number of carbonyl (C=O) groups excluding carboxylic acids is 1. The largest absolute Gasteiger partial charge is 0.417 e. The highest BCUT2D eigenvalue weighted by Crippen LogP contribution is 2.33. The van der Waals surface area contributed by atoms with E-state index in [0.717, 1.165) is 12.1 Å². The van der Waals surface area contributed by atoms with Crippen LogP contribution in [0.2, 0.25) is 0 Å². The van der Waals surface area contributed by atoms with Gasteiger partial charge in [-0.25, -0.2) is 8.42 Å². The van der Waals surface area contributed by atoms with Crippen LogP contribution in [0.5, 0.6) is 0 Å². The van der Waals surface area contributed by atoms with E-state index in [9.17, 15) is 26.4 Å². The van der Waals surface area contributed by atoms with Crippen LogP contribution in [-0.2, 0) is 21.0 Å². The van der Waals surface area contributed by atoms with Crippen LogP contribution < -0.4 is 15.4 Å². The second-order valence-electron chi connectivity index (χ2n) is 4.98. The molecule has 0 aliphatic rings. The second-order valence-corrected chi connectivity index (χ2v) is 6.66. The smallest absolute Gasteiger partial charge is 0.353 e. The van der Waals surface area contributed by atoms with Gasteiger partial charge in [-0.1, -0.05) is 19.1 Å². The van der Waals surface area contributed by atoms with E-state index in [1.54, 1.807) is 0 Å². The lowest BCUT2D eigenvalue weighted by atomic mass is 10.2. The molecule has 1 amide bonds. The zero-order chi connectivity index (χ0) is 18.4. The molecular formula is C14H21ClF3N3O3S. The van der Waals surface area contributed by atoms with Gasteiger partial charge in [0.05, 0.1) is 16.5 Å². The lowest BCUT2D eigenvalue weighted by molar-refractivity contribution is -0.139. The summed E-state index contributed by atoms with van der Waals surface area (Å²) in [4.78, 5) is 10.9. The number of rotatable bonds is 8. The molecule has 0 saturated heterocycles. The molecule has 1 aromatic carbocycles. The zero-order valence-electron chi connectivity index (χ0n) is 13.7. The van der Waals surface area contributed by atoms with Crippen molar-refractivity contribution in [3.05, 3.63) is 29.8 Å². The molecular weight excluding hydrogens is 383 g/mol. The summed E-state index contributed by atoms with van der Waals surface area (Å²) in [6.45, 7) is 4.63. The molecule has 1 atom stereocenters. The van der Waals surface area contributed by atoms with Crippen molar-refractivity contribution in [3.63, 3.8) is 0 Å². The number of hydrogen-bond donors (Lipinski definition) is 3. The third-order valence-electron chi connectivity index (χ3n) is 3.06. The Morgan fingerprint density at radius 3 is 2.36 bits per heavy atom. The van der Waals surface area contributed by atoms with Gasteiger partial charge < -0.3 is 10.6 Å². The number of nitrogens with one attached hydrogen (secondary N) is 3. The van der Waals surface area contributed by atoms with Gasteiger partial charge >= 0.3 is 6.18 Å². The minimum Gasteiger partial charge on any atom is -0.353 e. The van der Waals surface area contributed by atoms with Gasteiger partial charge in [0.15, 0.2) is 0 Å². The first-order valence-electron chi connectivity index (χ1n) is 7.26. The Kier molecular flexibility index (Phi) is 9.41. The van der Waals surface area contributed by atoms with E-state index >= 15 is 0 Å². The van der Waals surface area contributed by atoms with Crippen LogP contribution in [0, 0.1) is 0 Å². The van der Waals surface area contributed by atoms with Gasteiger partial charge in [-0.05, 0) is 25.6 Å². The van der Waals surface area contributed by atoms with E-state index in [-0.39, 0.29) is 19.0 Å². The summed E-state index contributed by atoms with van der Waals surface area (Å²) in [7, 11) is -4.50. The number of alkyl halides is 3. The molecule has 0 heterocycles. The molecule has 0 radical (unpaired) electrons. The predicted octanol–water partition coefficient (Wildman–Crippen LogP) is 1.52. The van der Waals surface area contributed by atoms with Crippen molar-refractivity contribution >= 4 is 28.3 Å². The van der Waals surface area contributed by atoms with E-state index in [4.69, 9.17) is 0 Å². The molecule has 0 saturated carbocycles. The first-order valence-corrected chi connectivity index (χ1v) is 8.75. The highest BCUT2D eigenvalue weighted by atomic mass is 35.5. The van der Waals surface area contributed by atoms with Crippen LogP contribution in [-0.4, -0.2) is 40.0 Å². The average Bonchev–Trinajstić information content (AvgIpc) is 2.50. The Morgan fingerprint density at radius 2 is 1.80 bits per heavy atom. The number of sulfonamides is 1. The Morgan fingerprint density at radius 1 is 1.20 bits per heavy atom. The lowest BCUT2D eigenvalue weighted by Gasteiger charge is -2.17. The van der Waals surface area contributed by atoms with Gasteiger partial charge in [-0.15, -0.1) is 12.4 Å². The minimum atomic E-state index is -4.82. The molecule has 0 aromatic heterocycles. The number of hydrogen-bond acceptors (Lipinski definition) is 4. The number of likely N-dealkylation sites (N-methyl/N-ethyl adjacent to an activating group) is 1. The Labute approximate surface area is 151 Å². The fourth-order valence-electron chi connectivity index (χ4n) is 1.89. The third-order valence-corrected chi connectivity index (χ3v) is 4.66. The van der Waals surface area contributed by atoms with Crippen LogP contribution in [0.1, 0.15) is 19.4 Å². The van der Waals surface area contributed by atoms with Crippen molar-refractivity contribution in [1.29, 1.82) is 0 Å². The summed E-state index contributed by atoms with van der Waals surface area (Å²) in [6, 6.07) is 2.60. The molecule has 144 valence electrons. The topological polar surface area (TPSA) is 87.3 Å². The third kappa shape index (κ3) is 7.18. The maximum absolute atomic E-state index is 12.9. The lowest BCUT2D eigenvalue weighted by Crippen LogP contribution is -2.46. The molecule has 6 nitrogen and oxygen atoms in total. The van der Waals surface area contributed by atoms with E-state index in [1.165, 1.54) is 13.0 Å². The summed E-state index contributed by atoms with van der Waals surface area (Å²) in [6.07, 6.45) is -4.82. The molecule has 11 heteroatoms. The fourth-order valence-corrected chi connectivity index (χ4v) is 3.32. The Balaban J connectivity index is 0.00000576. The number of amides is 1. The van der Waals surface area contributed by atoms with Crippen molar-refractivity contribution in [2.75, 3.05) is 19.6 Å². The highest BCUT2D eigenvalue weighted by Gasteiger charge is 2.37. The summed E-state index contributed by atoms with van der Waals surface area (Å²) in [5, 5.41) is 5.45. The van der Waals surface area contributed by atoms with Crippen molar-refractivity contribution in [2.45, 2.75) is 31.0 Å². The molecule has 3 N–H and O–H groups in total. The van der Waals surface area contributed by atoms with E-state index in [0.29, 0.717) is 19.2 Å². The van der Waals surface area contributed by atoms with E-state index in [2.05, 4.69) is 10.6 Å². The maximum atomic E-state index is 12.9. The molecule has 1 rings (SSSR count). The first-order chi connectivity index (χ1) is 11.1. The quantitative estimate of drug-likeness (QED) is 0.574. The predicted molar refractivity (Wildman–Crippen MR) is 90.0 cm³/mol. The SMILES string of the molecule is CCNCCNC(=O)C(C)NS(=O)(=O)c1ccccc1C(F)(F)F.Cl. The molecule has 25 heavy (non-hydrogen) atoms. The molecule has 1 aromatic rings. The monoisotopic (exact) mass is 403 g/mol. The van der Waals surface area contributed by atoms with Crippen molar-refractivity contribution in [1.82, 2.24) is 15.4 Å². The van der Waals surface area contributed by atoms with Crippen molar-refractivity contribution < 1.29 is 26.4 Å². The van der Waals surface area contributed by atoms with Gasteiger partial charge in [0.1, 0.15) is 0 Å². The number of carbonyl (C=O) groups is 1. The summed E-state index contributed by atoms with van der Waals surface area (Å²) < 4.78 is 65.1. The van der Waals surface area contributed by atoms with Crippen LogP contribution >= 0.6 is 12.4 Å². The van der Waals surface area contributed by atoms with Gasteiger partial charge in [-0.2, -0.15) is 17.9 Å². The molecule has 0 aliphatic carbocycles. The van der Waals surface area contributed by atoms with Crippen molar-refractivity contribution in [3.8, 4) is 0 Å². The van der Waals surface area contributed by atoms with Gasteiger partial charge in [0, 0.05) is 13.1 Å². The minimum absolute atomic E-state index is 0. The second kappa shape index (κ2) is 9.95. The summed E-state index contributed by atoms with van der Waals surface area (Å²) >= 11 is 0. The molecule has 1 unspecified atom stereocenters. The number of benzene rings is 1. The van der Waals surface area contributed by atoms with E-state index in [1.807, 2.05) is 11.6 Å². The first kappa shape index (κ1) is 23.6. The standard InChI is InChI=1S/C14H20F3N3O3S.ClH/c1-3-18-8-9-19-13(21)10(2)20-24(22,23)12-7-5-4-6-11(12)14(15,16)17;/h4-7,10,18,20H,3,8-9H2,1-2H3,(H,19,21);1H. The summed E-state index contributed by atoms with van der Waals surface area (Å²) in [5.74, 6) is -0.624.